The fourth-order valence-corrected chi connectivity index (χ4v) is 2.72. The molecule has 1 aliphatic rings. The van der Waals surface area contributed by atoms with Crippen molar-refractivity contribution in [2.75, 3.05) is 0 Å². The molecule has 2 N–H and O–H groups in total. The number of benzene rings is 2. The van der Waals surface area contributed by atoms with Gasteiger partial charge < -0.3 is 5.32 Å². The van der Waals surface area contributed by atoms with Gasteiger partial charge in [0.1, 0.15) is 0 Å². The normalized spacial score (nSPS) is 17.4. The summed E-state index contributed by atoms with van der Waals surface area (Å²) in [6, 6.07) is 15.1. The van der Waals surface area contributed by atoms with Gasteiger partial charge in [-0.25, -0.2) is 0 Å². The molecule has 3 nitrogen and oxygen atoms in total. The van der Waals surface area contributed by atoms with E-state index in [1.54, 1.807) is 0 Å². The van der Waals surface area contributed by atoms with Gasteiger partial charge in [0.25, 0.3) is 0 Å². The number of amides is 1. The van der Waals surface area contributed by atoms with Crippen LogP contribution in [0, 0.1) is 0 Å². The van der Waals surface area contributed by atoms with Crippen LogP contribution >= 0.6 is 0 Å². The number of rotatable bonds is 5. The van der Waals surface area contributed by atoms with Crippen molar-refractivity contribution in [2.24, 2.45) is 0 Å². The standard InChI is InChI=1S/C18H22N2O/c1-12(19-13(2)18(21)20-15-10-11-15)16-9-5-7-14-6-3-4-8-17(14)16/h3-9,12-13,15,19H,10-11H2,1-2H3,(H,20,21)/t12-,13-/m0/s1. The molecule has 1 aliphatic carbocycles. The topological polar surface area (TPSA) is 41.1 Å². The Kier molecular flexibility index (Phi) is 3.93. The molecule has 110 valence electrons. The minimum absolute atomic E-state index is 0.101. The van der Waals surface area contributed by atoms with Crippen molar-refractivity contribution >= 4 is 16.7 Å². The first-order chi connectivity index (χ1) is 10.1. The lowest BCUT2D eigenvalue weighted by Crippen LogP contribution is -2.43. The molecule has 21 heavy (non-hydrogen) atoms. The molecule has 3 rings (SSSR count). The van der Waals surface area contributed by atoms with Crippen molar-refractivity contribution in [2.45, 2.75) is 44.8 Å². The highest BCUT2D eigenvalue weighted by molar-refractivity contribution is 5.86. The van der Waals surface area contributed by atoms with E-state index >= 15 is 0 Å². The Labute approximate surface area is 125 Å². The molecule has 2 aromatic carbocycles. The summed E-state index contributed by atoms with van der Waals surface area (Å²) in [5, 5.41) is 8.94. The van der Waals surface area contributed by atoms with E-state index < -0.39 is 0 Å². The highest BCUT2D eigenvalue weighted by Gasteiger charge is 2.26. The van der Waals surface area contributed by atoms with Crippen molar-refractivity contribution < 1.29 is 4.79 Å². The average molecular weight is 282 g/mol. The third-order valence-electron chi connectivity index (χ3n) is 4.11. The summed E-state index contributed by atoms with van der Waals surface area (Å²) in [6.45, 7) is 4.04. The maximum Gasteiger partial charge on any atom is 0.237 e. The predicted molar refractivity (Wildman–Crippen MR) is 86.1 cm³/mol. The number of nitrogens with one attached hydrogen (secondary N) is 2. The summed E-state index contributed by atoms with van der Waals surface area (Å²) in [4.78, 5) is 12.1. The molecule has 0 aromatic heterocycles. The van der Waals surface area contributed by atoms with Crippen molar-refractivity contribution in [3.05, 3.63) is 48.0 Å². The summed E-state index contributed by atoms with van der Waals surface area (Å²) in [5.74, 6) is 0.101. The lowest BCUT2D eigenvalue weighted by atomic mass is 9.99. The van der Waals surface area contributed by atoms with Crippen molar-refractivity contribution in [3.63, 3.8) is 0 Å². The molecule has 1 fully saturated rings. The highest BCUT2D eigenvalue weighted by Crippen LogP contribution is 2.24. The Morgan fingerprint density at radius 1 is 1.10 bits per heavy atom. The van der Waals surface area contributed by atoms with E-state index in [1.807, 2.05) is 6.92 Å². The molecule has 2 aromatic rings. The molecule has 0 radical (unpaired) electrons. The van der Waals surface area contributed by atoms with Crippen LogP contribution < -0.4 is 10.6 Å². The molecule has 0 saturated heterocycles. The van der Waals surface area contributed by atoms with Crippen LogP contribution in [-0.4, -0.2) is 18.0 Å². The molecule has 0 bridgehead atoms. The smallest absolute Gasteiger partial charge is 0.237 e. The van der Waals surface area contributed by atoms with Crippen LogP contribution in [0.25, 0.3) is 10.8 Å². The Morgan fingerprint density at radius 3 is 2.57 bits per heavy atom. The largest absolute Gasteiger partial charge is 0.352 e. The van der Waals surface area contributed by atoms with Gasteiger partial charge in [0.15, 0.2) is 0 Å². The molecular weight excluding hydrogens is 260 g/mol. The summed E-state index contributed by atoms with van der Waals surface area (Å²) < 4.78 is 0. The van der Waals surface area contributed by atoms with Gasteiger partial charge in [-0.1, -0.05) is 42.5 Å². The molecule has 3 heteroatoms. The molecular formula is C18H22N2O. The fourth-order valence-electron chi connectivity index (χ4n) is 2.72. The molecule has 2 atom stereocenters. The Hall–Kier alpha value is -1.87. The zero-order valence-corrected chi connectivity index (χ0v) is 12.6. The second-order valence-electron chi connectivity index (χ2n) is 5.96. The number of hydrogen-bond donors (Lipinski definition) is 2. The Balaban J connectivity index is 1.74. The SMILES string of the molecule is C[C@H](N[C@@H](C)c1cccc2ccccc12)C(=O)NC1CC1. The number of hydrogen-bond acceptors (Lipinski definition) is 2. The Morgan fingerprint density at radius 2 is 1.81 bits per heavy atom. The first-order valence-corrected chi connectivity index (χ1v) is 7.69. The third-order valence-corrected chi connectivity index (χ3v) is 4.11. The predicted octanol–water partition coefficient (Wildman–Crippen LogP) is 3.16. The number of carbonyl (C=O) groups excluding carboxylic acids is 1. The summed E-state index contributed by atoms with van der Waals surface area (Å²) in [5.41, 5.74) is 1.24. The maximum absolute atomic E-state index is 12.1. The van der Waals surface area contributed by atoms with Crippen LogP contribution in [0.3, 0.4) is 0 Å². The third kappa shape index (κ3) is 3.24. The maximum atomic E-state index is 12.1. The zero-order valence-electron chi connectivity index (χ0n) is 12.6. The molecule has 0 heterocycles. The lowest BCUT2D eigenvalue weighted by molar-refractivity contribution is -0.123. The second kappa shape index (κ2) is 5.86. The molecule has 0 aliphatic heterocycles. The Bertz CT molecular complexity index is 643. The van der Waals surface area contributed by atoms with Crippen LogP contribution in [0.2, 0.25) is 0 Å². The van der Waals surface area contributed by atoms with Gasteiger partial charge in [0.05, 0.1) is 6.04 Å². The summed E-state index contributed by atoms with van der Waals surface area (Å²) in [7, 11) is 0. The van der Waals surface area contributed by atoms with Gasteiger partial charge in [0, 0.05) is 12.1 Å². The van der Waals surface area contributed by atoms with Gasteiger partial charge in [0.2, 0.25) is 5.91 Å². The summed E-state index contributed by atoms with van der Waals surface area (Å²) in [6.07, 6.45) is 2.24. The van der Waals surface area contributed by atoms with E-state index in [0.29, 0.717) is 6.04 Å². The lowest BCUT2D eigenvalue weighted by Gasteiger charge is -2.21. The van der Waals surface area contributed by atoms with Crippen molar-refractivity contribution in [1.82, 2.24) is 10.6 Å². The fraction of sp³-hybridized carbons (Fsp3) is 0.389. The van der Waals surface area contributed by atoms with Gasteiger partial charge in [-0.05, 0) is 43.0 Å². The van der Waals surface area contributed by atoms with E-state index in [0.717, 1.165) is 12.8 Å². The molecule has 1 saturated carbocycles. The van der Waals surface area contributed by atoms with Crippen molar-refractivity contribution in [1.29, 1.82) is 0 Å². The van der Waals surface area contributed by atoms with Crippen molar-refractivity contribution in [3.8, 4) is 0 Å². The quantitative estimate of drug-likeness (QED) is 0.884. The van der Waals surface area contributed by atoms with E-state index in [2.05, 4.69) is 60.0 Å². The van der Waals surface area contributed by atoms with E-state index in [-0.39, 0.29) is 18.0 Å². The monoisotopic (exact) mass is 282 g/mol. The first kappa shape index (κ1) is 14.1. The minimum atomic E-state index is -0.181. The highest BCUT2D eigenvalue weighted by atomic mass is 16.2. The number of carbonyl (C=O) groups is 1. The van der Waals surface area contributed by atoms with Gasteiger partial charge in [-0.2, -0.15) is 0 Å². The second-order valence-corrected chi connectivity index (χ2v) is 5.96. The van der Waals surface area contributed by atoms with Crippen LogP contribution in [0.1, 0.15) is 38.3 Å². The van der Waals surface area contributed by atoms with Crippen LogP contribution in [0.15, 0.2) is 42.5 Å². The van der Waals surface area contributed by atoms with Gasteiger partial charge >= 0.3 is 0 Å². The van der Waals surface area contributed by atoms with E-state index in [9.17, 15) is 4.79 Å². The number of fused-ring (bicyclic) bond motifs is 1. The van der Waals surface area contributed by atoms with Crippen LogP contribution in [0.5, 0.6) is 0 Å². The van der Waals surface area contributed by atoms with Crippen LogP contribution in [0.4, 0.5) is 0 Å². The van der Waals surface area contributed by atoms with Crippen LogP contribution in [-0.2, 0) is 4.79 Å². The first-order valence-electron chi connectivity index (χ1n) is 7.69. The zero-order chi connectivity index (χ0) is 14.8. The van der Waals surface area contributed by atoms with E-state index in [4.69, 9.17) is 0 Å². The summed E-state index contributed by atoms with van der Waals surface area (Å²) >= 11 is 0. The average Bonchev–Trinajstić information content (AvgIpc) is 3.30. The van der Waals surface area contributed by atoms with Gasteiger partial charge in [-0.3, -0.25) is 10.1 Å². The van der Waals surface area contributed by atoms with Gasteiger partial charge in [-0.15, -0.1) is 0 Å². The molecule has 1 amide bonds. The van der Waals surface area contributed by atoms with E-state index in [1.165, 1.54) is 16.3 Å². The molecule has 0 spiro atoms. The minimum Gasteiger partial charge on any atom is -0.352 e. The molecule has 0 unspecified atom stereocenters.